The average molecular weight is 281 g/mol. The summed E-state index contributed by atoms with van der Waals surface area (Å²) >= 11 is 0. The van der Waals surface area contributed by atoms with Gasteiger partial charge in [0.15, 0.2) is 0 Å². The summed E-state index contributed by atoms with van der Waals surface area (Å²) in [6.07, 6.45) is 0. The summed E-state index contributed by atoms with van der Waals surface area (Å²) in [5.74, 6) is 0. The van der Waals surface area contributed by atoms with E-state index in [0.29, 0.717) is 0 Å². The van der Waals surface area contributed by atoms with Gasteiger partial charge in [-0.15, -0.1) is 12.9 Å². The van der Waals surface area contributed by atoms with E-state index >= 15 is 0 Å². The van der Waals surface area contributed by atoms with Crippen LogP contribution in [0, 0.1) is 7.43 Å². The Morgan fingerprint density at radius 3 is 1.22 bits per heavy atom. The molecule has 0 rings (SSSR count). The Bertz CT molecular complexity index is 43.1. The summed E-state index contributed by atoms with van der Waals surface area (Å²) < 4.78 is 3.22. The van der Waals surface area contributed by atoms with Crippen LogP contribution in [0.2, 0.25) is 0 Å². The van der Waals surface area contributed by atoms with Gasteiger partial charge in [0.25, 0.3) is 0 Å². The van der Waals surface area contributed by atoms with Crippen LogP contribution in [-0.4, -0.2) is 12.9 Å². The first-order chi connectivity index (χ1) is 2.41. The standard InChI is InChI=1S/C2O3.CH4.CH3.2Y/c3-1-5-2-4;;;;/h;1H4;1H3;;/q-2;;-1;;. The zero-order valence-electron chi connectivity index (χ0n) is 4.38. The molecule has 0 N–H and O–H groups in total. The van der Waals surface area contributed by atoms with Gasteiger partial charge in [-0.25, -0.2) is 0 Å². The van der Waals surface area contributed by atoms with Gasteiger partial charge in [0, 0.05) is 65.4 Å². The van der Waals surface area contributed by atoms with E-state index in [-0.39, 0.29) is 80.3 Å². The van der Waals surface area contributed by atoms with Crippen LogP contribution in [0.1, 0.15) is 7.43 Å². The van der Waals surface area contributed by atoms with Crippen molar-refractivity contribution < 1.29 is 79.7 Å². The van der Waals surface area contributed by atoms with Gasteiger partial charge in [0.2, 0.25) is 0 Å². The molecule has 0 bridgehead atoms. The minimum absolute atomic E-state index is 0. The second-order valence-electron chi connectivity index (χ2n) is 0.269. The topological polar surface area (TPSA) is 43.4 Å². The summed E-state index contributed by atoms with van der Waals surface area (Å²) in [4.78, 5) is 17.6. The maximum Gasteiger partial charge on any atom is 0 e. The fraction of sp³-hybridized carbons (Fsp3) is 0.250. The Kier molecular flexibility index (Phi) is 121. The first-order valence-electron chi connectivity index (χ1n) is 0.816. The number of rotatable bonds is 2. The van der Waals surface area contributed by atoms with E-state index in [1.165, 1.54) is 0 Å². The zero-order chi connectivity index (χ0) is 4.12. The summed E-state index contributed by atoms with van der Waals surface area (Å²) in [5, 5.41) is 0. The quantitative estimate of drug-likeness (QED) is 0.537. The van der Waals surface area contributed by atoms with Crippen molar-refractivity contribution in [3.05, 3.63) is 7.43 Å². The third-order valence-corrected chi connectivity index (χ3v) is 0.0833. The van der Waals surface area contributed by atoms with Crippen molar-refractivity contribution >= 4 is 12.9 Å². The van der Waals surface area contributed by atoms with Crippen molar-refractivity contribution in [1.82, 2.24) is 0 Å². The van der Waals surface area contributed by atoms with Crippen LogP contribution in [0.3, 0.4) is 0 Å². The molecule has 0 aliphatic carbocycles. The molecule has 3 nitrogen and oxygen atoms in total. The smallest absolute Gasteiger partial charge is 0 e. The minimum atomic E-state index is 0. The predicted octanol–water partition coefficient (Wildman–Crippen LogP) is 0.219. The molecule has 0 aromatic carbocycles. The fourth-order valence-electron chi connectivity index (χ4n) is 0.0170. The van der Waals surface area contributed by atoms with E-state index in [4.69, 9.17) is 9.59 Å². The second-order valence-corrected chi connectivity index (χ2v) is 0.269. The molecule has 0 saturated carbocycles. The molecule has 0 atom stereocenters. The van der Waals surface area contributed by atoms with Crippen molar-refractivity contribution in [1.29, 1.82) is 0 Å². The van der Waals surface area contributed by atoms with E-state index in [0.717, 1.165) is 12.9 Å². The van der Waals surface area contributed by atoms with E-state index in [9.17, 15) is 0 Å². The van der Waals surface area contributed by atoms with Crippen molar-refractivity contribution in [2.75, 3.05) is 0 Å². The Hall–Kier alpha value is 1.35. The van der Waals surface area contributed by atoms with Crippen molar-refractivity contribution in [2.45, 2.75) is 7.43 Å². The molecular weight excluding hydrogens is 274 g/mol. The van der Waals surface area contributed by atoms with E-state index in [2.05, 4.69) is 4.74 Å². The van der Waals surface area contributed by atoms with Crippen LogP contribution in [0.25, 0.3) is 0 Å². The van der Waals surface area contributed by atoms with Crippen LogP contribution in [0.4, 0.5) is 0 Å². The third kappa shape index (κ3) is 45.0. The van der Waals surface area contributed by atoms with Gasteiger partial charge in [-0.1, -0.05) is 7.43 Å². The molecule has 0 aromatic rings. The summed E-state index contributed by atoms with van der Waals surface area (Å²) in [5.41, 5.74) is 0. The first-order valence-corrected chi connectivity index (χ1v) is 0.816. The first kappa shape index (κ1) is 31.6. The molecule has 0 aliphatic heterocycles. The molecule has 0 spiro atoms. The van der Waals surface area contributed by atoms with Gasteiger partial charge in [0.1, 0.15) is 0 Å². The molecule has 2 radical (unpaired) electrons. The normalized spacial score (nSPS) is 3.11. The number of ether oxygens (including phenoxy) is 1. The molecule has 50 valence electrons. The monoisotopic (exact) mass is 281 g/mol. The summed E-state index contributed by atoms with van der Waals surface area (Å²) in [7, 11) is 0. The largest absolute Gasteiger partial charge is 0.783 e. The molecule has 0 saturated heterocycles. The molecule has 0 fully saturated rings. The van der Waals surface area contributed by atoms with E-state index in [1.807, 2.05) is 0 Å². The average Bonchev–Trinajstić information content (AvgIpc) is 1.41. The molecule has 0 heterocycles. The second kappa shape index (κ2) is 34.5. The molecule has 0 aliphatic rings. The van der Waals surface area contributed by atoms with Gasteiger partial charge in [0.05, 0.1) is 0 Å². The number of hydrogen-bond donors (Lipinski definition) is 0. The van der Waals surface area contributed by atoms with Crippen molar-refractivity contribution in [3.63, 3.8) is 0 Å². The Labute approximate surface area is 106 Å². The van der Waals surface area contributed by atoms with Crippen LogP contribution in [-0.2, 0) is 79.7 Å². The SMILES string of the molecule is C.O=[C-]O[C-]=O.[CH3-].[Y].[Y]. The van der Waals surface area contributed by atoms with Gasteiger partial charge in [-0.3, -0.25) is 0 Å². The molecular formula is C4H7O3Y2-3. The van der Waals surface area contributed by atoms with Gasteiger partial charge in [-0.2, -0.15) is 0 Å². The van der Waals surface area contributed by atoms with Crippen LogP contribution in [0.5, 0.6) is 0 Å². The number of hydrogen-bond acceptors (Lipinski definition) is 3. The number of carbonyl (C=O) groups excluding carboxylic acids is 2. The van der Waals surface area contributed by atoms with Crippen LogP contribution >= 0.6 is 0 Å². The van der Waals surface area contributed by atoms with Crippen LogP contribution < -0.4 is 0 Å². The summed E-state index contributed by atoms with van der Waals surface area (Å²) in [6.45, 7) is 1.69. The Morgan fingerprint density at radius 1 is 1.00 bits per heavy atom. The molecule has 5 heteroatoms. The van der Waals surface area contributed by atoms with E-state index in [1.54, 1.807) is 0 Å². The van der Waals surface area contributed by atoms with E-state index < -0.39 is 0 Å². The zero-order valence-corrected chi connectivity index (χ0v) is 10.1. The molecule has 0 unspecified atom stereocenters. The maximum atomic E-state index is 8.80. The third-order valence-electron chi connectivity index (χ3n) is 0.0833. The minimum Gasteiger partial charge on any atom is -0.783 e. The van der Waals surface area contributed by atoms with Crippen molar-refractivity contribution in [3.8, 4) is 0 Å². The van der Waals surface area contributed by atoms with Crippen molar-refractivity contribution in [2.24, 2.45) is 0 Å². The van der Waals surface area contributed by atoms with Gasteiger partial charge in [-0.05, 0) is 0 Å². The van der Waals surface area contributed by atoms with Gasteiger partial charge >= 0.3 is 0 Å². The Morgan fingerprint density at radius 2 is 1.22 bits per heavy atom. The maximum absolute atomic E-state index is 8.80. The Balaban J connectivity index is -0.0000000133. The molecule has 9 heavy (non-hydrogen) atoms. The fourth-order valence-corrected chi connectivity index (χ4v) is 0.0170. The molecule has 0 amide bonds. The predicted molar refractivity (Wildman–Crippen MR) is 25.6 cm³/mol. The molecule has 0 aromatic heterocycles. The summed E-state index contributed by atoms with van der Waals surface area (Å²) in [6, 6.07) is 0. The van der Waals surface area contributed by atoms with Gasteiger partial charge < -0.3 is 21.8 Å². The van der Waals surface area contributed by atoms with Crippen LogP contribution in [0.15, 0.2) is 0 Å².